The van der Waals surface area contributed by atoms with Crippen LogP contribution in [0.25, 0.3) is 5.57 Å². The molecule has 144 valence electrons. The summed E-state index contributed by atoms with van der Waals surface area (Å²) in [4.78, 5) is 21.6. The van der Waals surface area contributed by atoms with Gasteiger partial charge < -0.3 is 10.4 Å². The topological polar surface area (TPSA) is 74.6 Å². The minimum Gasteiger partial charge on any atom is -0.507 e. The van der Waals surface area contributed by atoms with Crippen molar-refractivity contribution < 1.29 is 9.90 Å². The monoisotopic (exact) mass is 383 g/mol. The third-order valence-corrected chi connectivity index (χ3v) is 4.82. The molecule has 0 spiro atoms. The molecule has 2 N–H and O–H groups in total. The molecule has 1 aliphatic heterocycles. The van der Waals surface area contributed by atoms with E-state index in [2.05, 4.69) is 15.3 Å². The SMILES string of the molecule is O=C(NCCc1ccccn1)c1ccccc1C1=NCC(c2ccccc2O)=C1. The van der Waals surface area contributed by atoms with E-state index >= 15 is 0 Å². The van der Waals surface area contributed by atoms with Crippen LogP contribution in [0.15, 0.2) is 84.0 Å². The van der Waals surface area contributed by atoms with Crippen molar-refractivity contribution in [2.45, 2.75) is 6.42 Å². The number of para-hydroxylation sites is 1. The molecule has 0 fully saturated rings. The molecule has 1 amide bonds. The Balaban J connectivity index is 1.50. The number of carbonyl (C=O) groups is 1. The van der Waals surface area contributed by atoms with Crippen molar-refractivity contribution >= 4 is 17.2 Å². The van der Waals surface area contributed by atoms with Crippen LogP contribution in [0.2, 0.25) is 0 Å². The zero-order valence-electron chi connectivity index (χ0n) is 15.9. The number of hydrogen-bond acceptors (Lipinski definition) is 4. The Hall–Kier alpha value is -3.73. The third-order valence-electron chi connectivity index (χ3n) is 4.82. The van der Waals surface area contributed by atoms with Gasteiger partial charge in [-0.2, -0.15) is 0 Å². The normalized spacial score (nSPS) is 13.0. The van der Waals surface area contributed by atoms with Gasteiger partial charge in [-0.25, -0.2) is 0 Å². The molecule has 29 heavy (non-hydrogen) atoms. The molecular formula is C24H21N3O2. The number of pyridine rings is 1. The highest BCUT2D eigenvalue weighted by molar-refractivity contribution is 6.19. The molecule has 0 saturated heterocycles. The number of aromatic nitrogens is 1. The van der Waals surface area contributed by atoms with Crippen molar-refractivity contribution in [3.63, 3.8) is 0 Å². The van der Waals surface area contributed by atoms with E-state index in [1.165, 1.54) is 0 Å². The van der Waals surface area contributed by atoms with E-state index in [4.69, 9.17) is 0 Å². The van der Waals surface area contributed by atoms with E-state index in [0.717, 1.165) is 28.1 Å². The fourth-order valence-electron chi connectivity index (χ4n) is 3.35. The van der Waals surface area contributed by atoms with Crippen molar-refractivity contribution in [2.24, 2.45) is 4.99 Å². The van der Waals surface area contributed by atoms with Crippen molar-refractivity contribution in [2.75, 3.05) is 13.1 Å². The van der Waals surface area contributed by atoms with Crippen LogP contribution in [0, 0.1) is 0 Å². The molecule has 4 rings (SSSR count). The zero-order valence-corrected chi connectivity index (χ0v) is 15.9. The van der Waals surface area contributed by atoms with Crippen molar-refractivity contribution in [3.05, 3.63) is 101 Å². The van der Waals surface area contributed by atoms with Crippen molar-refractivity contribution in [1.82, 2.24) is 10.3 Å². The number of amides is 1. The second kappa shape index (κ2) is 8.52. The summed E-state index contributed by atoms with van der Waals surface area (Å²) >= 11 is 0. The van der Waals surface area contributed by atoms with Crippen LogP contribution in [0.5, 0.6) is 5.75 Å². The highest BCUT2D eigenvalue weighted by atomic mass is 16.3. The number of hydrogen-bond donors (Lipinski definition) is 2. The van der Waals surface area contributed by atoms with Crippen LogP contribution in [0.1, 0.15) is 27.2 Å². The van der Waals surface area contributed by atoms with E-state index in [9.17, 15) is 9.90 Å². The first-order valence-corrected chi connectivity index (χ1v) is 9.53. The van der Waals surface area contributed by atoms with Crippen LogP contribution < -0.4 is 5.32 Å². The second-order valence-corrected chi connectivity index (χ2v) is 6.76. The summed E-state index contributed by atoms with van der Waals surface area (Å²) in [6.45, 7) is 0.984. The fourth-order valence-corrected chi connectivity index (χ4v) is 3.35. The number of phenolic OH excluding ortho intramolecular Hbond substituents is 1. The van der Waals surface area contributed by atoms with Gasteiger partial charge in [-0.3, -0.25) is 14.8 Å². The molecule has 2 heterocycles. The van der Waals surface area contributed by atoms with Crippen molar-refractivity contribution in [1.29, 1.82) is 0 Å². The molecule has 0 aliphatic carbocycles. The summed E-state index contributed by atoms with van der Waals surface area (Å²) in [6, 6.07) is 20.4. The average molecular weight is 383 g/mol. The summed E-state index contributed by atoms with van der Waals surface area (Å²) < 4.78 is 0. The minimum atomic E-state index is -0.136. The molecule has 5 heteroatoms. The van der Waals surface area contributed by atoms with Gasteiger partial charge in [0.25, 0.3) is 5.91 Å². The lowest BCUT2D eigenvalue weighted by Crippen LogP contribution is -2.27. The van der Waals surface area contributed by atoms with Gasteiger partial charge in [-0.1, -0.05) is 42.5 Å². The van der Waals surface area contributed by atoms with Crippen LogP contribution in [0.4, 0.5) is 0 Å². The molecule has 0 atom stereocenters. The minimum absolute atomic E-state index is 0.136. The Morgan fingerprint density at radius 3 is 2.52 bits per heavy atom. The lowest BCUT2D eigenvalue weighted by molar-refractivity contribution is 0.0954. The number of aromatic hydroxyl groups is 1. The van der Waals surface area contributed by atoms with Gasteiger partial charge >= 0.3 is 0 Å². The smallest absolute Gasteiger partial charge is 0.251 e. The van der Waals surface area contributed by atoms with Crippen molar-refractivity contribution in [3.8, 4) is 5.75 Å². The van der Waals surface area contributed by atoms with Gasteiger partial charge in [-0.05, 0) is 35.9 Å². The quantitative estimate of drug-likeness (QED) is 0.682. The molecule has 0 radical (unpaired) electrons. The highest BCUT2D eigenvalue weighted by Gasteiger charge is 2.19. The number of nitrogens with zero attached hydrogens (tertiary/aromatic N) is 2. The molecule has 0 saturated carbocycles. The maximum Gasteiger partial charge on any atom is 0.251 e. The maximum absolute atomic E-state index is 12.8. The van der Waals surface area contributed by atoms with Crippen LogP contribution in [-0.4, -0.2) is 34.8 Å². The van der Waals surface area contributed by atoms with Crippen LogP contribution in [-0.2, 0) is 6.42 Å². The van der Waals surface area contributed by atoms with Gasteiger partial charge in [0.1, 0.15) is 5.75 Å². The molecule has 2 aromatic carbocycles. The third kappa shape index (κ3) is 4.24. The summed E-state index contributed by atoms with van der Waals surface area (Å²) in [5.41, 5.74) is 4.76. The Morgan fingerprint density at radius 1 is 0.966 bits per heavy atom. The van der Waals surface area contributed by atoms with Gasteiger partial charge in [0, 0.05) is 41.5 Å². The molecule has 1 aromatic heterocycles. The Kier molecular flexibility index (Phi) is 5.47. The Bertz CT molecular complexity index is 1090. The number of rotatable bonds is 6. The fraction of sp³-hybridized carbons (Fsp3) is 0.125. The first-order chi connectivity index (χ1) is 14.2. The lowest BCUT2D eigenvalue weighted by Gasteiger charge is -2.09. The molecule has 5 nitrogen and oxygen atoms in total. The largest absolute Gasteiger partial charge is 0.507 e. The van der Waals surface area contributed by atoms with Gasteiger partial charge in [0.15, 0.2) is 0 Å². The summed E-state index contributed by atoms with van der Waals surface area (Å²) in [7, 11) is 0. The number of benzene rings is 2. The molecule has 0 unspecified atom stereocenters. The van der Waals surface area contributed by atoms with E-state index in [-0.39, 0.29) is 11.7 Å². The van der Waals surface area contributed by atoms with Gasteiger partial charge in [-0.15, -0.1) is 0 Å². The van der Waals surface area contributed by atoms with Crippen LogP contribution in [0.3, 0.4) is 0 Å². The zero-order chi connectivity index (χ0) is 20.1. The van der Waals surface area contributed by atoms with Gasteiger partial charge in [0.2, 0.25) is 0 Å². The predicted molar refractivity (Wildman–Crippen MR) is 114 cm³/mol. The van der Waals surface area contributed by atoms with Crippen LogP contribution >= 0.6 is 0 Å². The highest BCUT2D eigenvalue weighted by Crippen LogP contribution is 2.29. The number of nitrogens with one attached hydrogen (secondary N) is 1. The summed E-state index contributed by atoms with van der Waals surface area (Å²) in [5.74, 6) is 0.0967. The molecular weight excluding hydrogens is 362 g/mol. The first kappa shape index (κ1) is 18.6. The number of phenols is 1. The second-order valence-electron chi connectivity index (χ2n) is 6.76. The van der Waals surface area contributed by atoms with E-state index in [1.807, 2.05) is 54.6 Å². The van der Waals surface area contributed by atoms with E-state index in [0.29, 0.717) is 25.1 Å². The van der Waals surface area contributed by atoms with Gasteiger partial charge in [0.05, 0.1) is 12.3 Å². The number of carbonyl (C=O) groups excluding carboxylic acids is 1. The molecule has 1 aliphatic rings. The summed E-state index contributed by atoms with van der Waals surface area (Å²) in [6.07, 6.45) is 4.36. The molecule has 0 bridgehead atoms. The lowest BCUT2D eigenvalue weighted by atomic mass is 9.99. The average Bonchev–Trinajstić information content (AvgIpc) is 3.24. The standard InChI is InChI=1S/C24H21N3O2/c28-23-11-4-3-8-19(23)17-15-22(27-16-17)20-9-1-2-10-21(20)24(29)26-14-12-18-7-5-6-13-25-18/h1-11,13,15,28H,12,14,16H2,(H,26,29). The Morgan fingerprint density at radius 2 is 1.72 bits per heavy atom. The Labute approximate surface area is 169 Å². The van der Waals surface area contributed by atoms with E-state index in [1.54, 1.807) is 24.4 Å². The number of aliphatic imine (C=N–C) groups is 1. The van der Waals surface area contributed by atoms with E-state index < -0.39 is 0 Å². The molecule has 3 aromatic rings. The predicted octanol–water partition coefficient (Wildman–Crippen LogP) is 3.65. The first-order valence-electron chi connectivity index (χ1n) is 9.53. The summed E-state index contributed by atoms with van der Waals surface area (Å²) in [5, 5.41) is 13.1. The number of allylic oxidation sites excluding steroid dienone is 1. The maximum atomic E-state index is 12.8.